The zero-order valence-electron chi connectivity index (χ0n) is 11.1. The first-order valence-electron chi connectivity index (χ1n) is 6.05. The van der Waals surface area contributed by atoms with Gasteiger partial charge < -0.3 is 9.64 Å². The third-order valence-electron chi connectivity index (χ3n) is 2.60. The maximum atomic E-state index is 11.6. The highest BCUT2D eigenvalue weighted by molar-refractivity contribution is 5.89. The minimum atomic E-state index is -0.332. The van der Waals surface area contributed by atoms with Crippen LogP contribution in [0.5, 0.6) is 0 Å². The first-order chi connectivity index (χ1) is 8.58. The summed E-state index contributed by atoms with van der Waals surface area (Å²) in [7, 11) is 0. The lowest BCUT2D eigenvalue weighted by atomic mass is 10.1. The van der Waals surface area contributed by atoms with Gasteiger partial charge in [0, 0.05) is 12.6 Å². The lowest BCUT2D eigenvalue weighted by Gasteiger charge is -2.21. The van der Waals surface area contributed by atoms with Crippen LogP contribution in [0.3, 0.4) is 0 Å². The minimum Gasteiger partial charge on any atom is -0.462 e. The summed E-state index contributed by atoms with van der Waals surface area (Å²) in [6.45, 7) is 6.52. The van der Waals surface area contributed by atoms with E-state index in [1.165, 1.54) is 0 Å². The zero-order chi connectivity index (χ0) is 13.5. The van der Waals surface area contributed by atoms with Crippen LogP contribution in [0.2, 0.25) is 0 Å². The number of hydrogen-bond acceptors (Lipinski definition) is 3. The molecule has 1 amide bonds. The number of carbonyl (C=O) groups is 2. The van der Waals surface area contributed by atoms with Gasteiger partial charge >= 0.3 is 5.97 Å². The average molecular weight is 249 g/mol. The van der Waals surface area contributed by atoms with E-state index in [9.17, 15) is 9.59 Å². The Morgan fingerprint density at radius 2 is 2.17 bits per heavy atom. The van der Waals surface area contributed by atoms with E-state index in [0.29, 0.717) is 18.7 Å². The maximum absolute atomic E-state index is 11.6. The monoisotopic (exact) mass is 249 g/mol. The molecule has 0 saturated carbocycles. The maximum Gasteiger partial charge on any atom is 0.338 e. The first kappa shape index (κ1) is 14.2. The number of rotatable bonds is 6. The van der Waals surface area contributed by atoms with Gasteiger partial charge in [0.2, 0.25) is 6.41 Å². The van der Waals surface area contributed by atoms with E-state index < -0.39 is 0 Å². The van der Waals surface area contributed by atoms with Gasteiger partial charge in [-0.05, 0) is 38.5 Å². The van der Waals surface area contributed by atoms with Gasteiger partial charge in [-0.15, -0.1) is 0 Å². The first-order valence-corrected chi connectivity index (χ1v) is 6.05. The summed E-state index contributed by atoms with van der Waals surface area (Å²) >= 11 is 0. The number of benzene rings is 1. The molecule has 98 valence electrons. The van der Waals surface area contributed by atoms with E-state index in [0.717, 1.165) is 12.0 Å². The predicted molar refractivity (Wildman–Crippen MR) is 69.1 cm³/mol. The van der Waals surface area contributed by atoms with Crippen molar-refractivity contribution in [3.8, 4) is 0 Å². The van der Waals surface area contributed by atoms with Crippen molar-refractivity contribution >= 4 is 12.4 Å². The van der Waals surface area contributed by atoms with Crippen molar-refractivity contribution in [2.45, 2.75) is 33.4 Å². The SMILES string of the molecule is CCOC(=O)c1cccc(CN(C=O)C(C)C)c1. The second-order valence-electron chi connectivity index (χ2n) is 4.29. The van der Waals surface area contributed by atoms with Gasteiger partial charge in [-0.25, -0.2) is 4.79 Å². The molecule has 4 heteroatoms. The third-order valence-corrected chi connectivity index (χ3v) is 2.60. The summed E-state index contributed by atoms with van der Waals surface area (Å²) in [5.41, 5.74) is 1.44. The van der Waals surface area contributed by atoms with E-state index in [2.05, 4.69) is 0 Å². The van der Waals surface area contributed by atoms with E-state index in [4.69, 9.17) is 4.74 Å². The Morgan fingerprint density at radius 3 is 2.72 bits per heavy atom. The highest BCUT2D eigenvalue weighted by Crippen LogP contribution is 2.10. The Labute approximate surface area is 108 Å². The van der Waals surface area contributed by atoms with Crippen molar-refractivity contribution in [1.82, 2.24) is 4.90 Å². The summed E-state index contributed by atoms with van der Waals surface area (Å²) in [6, 6.07) is 7.29. The van der Waals surface area contributed by atoms with Gasteiger partial charge in [0.05, 0.1) is 12.2 Å². The lowest BCUT2D eigenvalue weighted by molar-refractivity contribution is -0.120. The van der Waals surface area contributed by atoms with Crippen molar-refractivity contribution in [3.63, 3.8) is 0 Å². The van der Waals surface area contributed by atoms with Crippen molar-refractivity contribution < 1.29 is 14.3 Å². The molecule has 1 rings (SSSR count). The van der Waals surface area contributed by atoms with E-state index in [1.807, 2.05) is 19.9 Å². The fourth-order valence-electron chi connectivity index (χ4n) is 1.56. The average Bonchev–Trinajstić information content (AvgIpc) is 2.36. The molecule has 0 fully saturated rings. The summed E-state index contributed by atoms with van der Waals surface area (Å²) < 4.78 is 4.94. The number of esters is 1. The van der Waals surface area contributed by atoms with Crippen LogP contribution in [-0.2, 0) is 16.1 Å². The Bertz CT molecular complexity index is 415. The summed E-state index contributed by atoms with van der Waals surface area (Å²) in [6.07, 6.45) is 0.821. The second kappa shape index (κ2) is 6.79. The quantitative estimate of drug-likeness (QED) is 0.573. The molecule has 1 aromatic carbocycles. The van der Waals surface area contributed by atoms with Crippen LogP contribution in [0, 0.1) is 0 Å². The number of carbonyl (C=O) groups excluding carboxylic acids is 2. The third kappa shape index (κ3) is 3.87. The van der Waals surface area contributed by atoms with Crippen molar-refractivity contribution in [2.75, 3.05) is 6.61 Å². The fourth-order valence-corrected chi connectivity index (χ4v) is 1.56. The van der Waals surface area contributed by atoms with Gasteiger partial charge in [0.25, 0.3) is 0 Å². The molecule has 0 spiro atoms. The van der Waals surface area contributed by atoms with Crippen molar-refractivity contribution in [1.29, 1.82) is 0 Å². The Morgan fingerprint density at radius 1 is 1.44 bits per heavy atom. The molecule has 0 unspecified atom stereocenters. The molecule has 0 aromatic heterocycles. The lowest BCUT2D eigenvalue weighted by Crippen LogP contribution is -2.28. The van der Waals surface area contributed by atoms with Gasteiger partial charge in [-0.3, -0.25) is 4.79 Å². The molecule has 0 bridgehead atoms. The standard InChI is InChI=1S/C14H19NO3/c1-4-18-14(17)13-7-5-6-12(8-13)9-15(10-16)11(2)3/h5-8,10-11H,4,9H2,1-3H3. The minimum absolute atomic E-state index is 0.133. The summed E-state index contributed by atoms with van der Waals surface area (Å²) in [4.78, 5) is 24.2. The van der Waals surface area contributed by atoms with Gasteiger partial charge in [-0.1, -0.05) is 12.1 Å². The molecular formula is C14H19NO3. The number of hydrogen-bond donors (Lipinski definition) is 0. The normalized spacial score (nSPS) is 10.2. The van der Waals surface area contributed by atoms with Crippen LogP contribution in [0.25, 0.3) is 0 Å². The molecule has 18 heavy (non-hydrogen) atoms. The highest BCUT2D eigenvalue weighted by atomic mass is 16.5. The fraction of sp³-hybridized carbons (Fsp3) is 0.429. The Kier molecular flexibility index (Phi) is 5.36. The second-order valence-corrected chi connectivity index (χ2v) is 4.29. The largest absolute Gasteiger partial charge is 0.462 e. The van der Waals surface area contributed by atoms with E-state index in [-0.39, 0.29) is 12.0 Å². The number of amides is 1. The topological polar surface area (TPSA) is 46.6 Å². The summed E-state index contributed by atoms with van der Waals surface area (Å²) in [5, 5.41) is 0. The van der Waals surface area contributed by atoms with E-state index >= 15 is 0 Å². The van der Waals surface area contributed by atoms with Gasteiger partial charge in [-0.2, -0.15) is 0 Å². The molecule has 4 nitrogen and oxygen atoms in total. The summed E-state index contributed by atoms with van der Waals surface area (Å²) in [5.74, 6) is -0.332. The molecule has 0 radical (unpaired) electrons. The van der Waals surface area contributed by atoms with Crippen LogP contribution in [-0.4, -0.2) is 29.9 Å². The molecule has 0 aliphatic heterocycles. The molecule has 0 aliphatic rings. The Hall–Kier alpha value is -1.84. The molecule has 1 aromatic rings. The van der Waals surface area contributed by atoms with Crippen LogP contribution in [0.1, 0.15) is 36.7 Å². The molecule has 0 saturated heterocycles. The number of ether oxygens (including phenoxy) is 1. The van der Waals surface area contributed by atoms with Gasteiger partial charge in [0.1, 0.15) is 0 Å². The van der Waals surface area contributed by atoms with Crippen LogP contribution in [0.4, 0.5) is 0 Å². The molecule has 0 N–H and O–H groups in total. The Balaban J connectivity index is 2.81. The van der Waals surface area contributed by atoms with Crippen molar-refractivity contribution in [2.24, 2.45) is 0 Å². The molecular weight excluding hydrogens is 230 g/mol. The van der Waals surface area contributed by atoms with Crippen LogP contribution in [0.15, 0.2) is 24.3 Å². The van der Waals surface area contributed by atoms with Crippen LogP contribution < -0.4 is 0 Å². The van der Waals surface area contributed by atoms with Crippen molar-refractivity contribution in [3.05, 3.63) is 35.4 Å². The zero-order valence-corrected chi connectivity index (χ0v) is 11.1. The highest BCUT2D eigenvalue weighted by Gasteiger charge is 2.10. The number of nitrogens with zero attached hydrogens (tertiary/aromatic N) is 1. The molecule has 0 heterocycles. The smallest absolute Gasteiger partial charge is 0.338 e. The van der Waals surface area contributed by atoms with E-state index in [1.54, 1.807) is 30.0 Å². The van der Waals surface area contributed by atoms with Gasteiger partial charge in [0.15, 0.2) is 0 Å². The molecule has 0 atom stereocenters. The van der Waals surface area contributed by atoms with Crippen LogP contribution >= 0.6 is 0 Å². The predicted octanol–water partition coefficient (Wildman–Crippen LogP) is 2.23. The molecule has 0 aliphatic carbocycles.